The van der Waals surface area contributed by atoms with Gasteiger partial charge in [-0.05, 0) is 61.7 Å². The molecule has 2 aromatic rings. The second-order valence-electron chi connectivity index (χ2n) is 10.1. The Balaban J connectivity index is 1.68. The van der Waals surface area contributed by atoms with E-state index >= 15 is 0 Å². The Morgan fingerprint density at radius 1 is 1.08 bits per heavy atom. The van der Waals surface area contributed by atoms with Crippen molar-refractivity contribution in [2.45, 2.75) is 57.3 Å². The fourth-order valence-corrected chi connectivity index (χ4v) is 4.83. The summed E-state index contributed by atoms with van der Waals surface area (Å²) in [6, 6.07) is 14.8. The van der Waals surface area contributed by atoms with E-state index in [2.05, 4.69) is 16.0 Å². The zero-order valence-electron chi connectivity index (χ0n) is 21.6. The second-order valence-corrected chi connectivity index (χ2v) is 10.1. The molecule has 0 aliphatic carbocycles. The lowest BCUT2D eigenvalue weighted by Gasteiger charge is -2.33. The van der Waals surface area contributed by atoms with Crippen molar-refractivity contribution in [3.8, 4) is 5.75 Å². The van der Waals surface area contributed by atoms with Gasteiger partial charge in [-0.15, -0.1) is 0 Å². The molecule has 1 fully saturated rings. The van der Waals surface area contributed by atoms with Gasteiger partial charge in [0.15, 0.2) is 0 Å². The molecule has 196 valence electrons. The van der Waals surface area contributed by atoms with Gasteiger partial charge in [-0.25, -0.2) is 0 Å². The van der Waals surface area contributed by atoms with Gasteiger partial charge in [0.05, 0.1) is 6.04 Å². The first kappa shape index (κ1) is 26.4. The van der Waals surface area contributed by atoms with E-state index in [-0.39, 0.29) is 23.8 Å². The van der Waals surface area contributed by atoms with Gasteiger partial charge in [-0.1, -0.05) is 56.3 Å². The number of likely N-dealkylation sites (N-methyl/N-ethyl adjacent to an activating group) is 1. The van der Waals surface area contributed by atoms with E-state index in [4.69, 9.17) is 4.74 Å². The molecule has 2 bridgehead atoms. The highest BCUT2D eigenvalue weighted by molar-refractivity contribution is 5.94. The van der Waals surface area contributed by atoms with Crippen LogP contribution in [-0.4, -0.2) is 60.4 Å². The topological polar surface area (TPSA) is 99.8 Å². The Labute approximate surface area is 218 Å². The van der Waals surface area contributed by atoms with Gasteiger partial charge in [0, 0.05) is 12.6 Å². The van der Waals surface area contributed by atoms with E-state index in [1.807, 2.05) is 80.4 Å². The van der Waals surface area contributed by atoms with Crippen molar-refractivity contribution < 1.29 is 19.1 Å². The van der Waals surface area contributed by atoms with Crippen molar-refractivity contribution >= 4 is 23.8 Å². The smallest absolute Gasteiger partial charge is 0.247 e. The van der Waals surface area contributed by atoms with Crippen molar-refractivity contribution in [1.29, 1.82) is 0 Å². The maximum atomic E-state index is 13.8. The Hall–Kier alpha value is -3.65. The fourth-order valence-electron chi connectivity index (χ4n) is 4.83. The van der Waals surface area contributed by atoms with Gasteiger partial charge < -0.3 is 20.7 Å². The van der Waals surface area contributed by atoms with E-state index in [0.717, 1.165) is 30.5 Å². The molecule has 3 aliphatic heterocycles. The molecule has 1 saturated heterocycles. The number of hydrogen-bond donors (Lipinski definition) is 3. The number of nitrogens with one attached hydrogen (secondary N) is 3. The van der Waals surface area contributed by atoms with Crippen molar-refractivity contribution in [2.24, 2.45) is 5.92 Å². The van der Waals surface area contributed by atoms with Crippen LogP contribution in [0.25, 0.3) is 6.08 Å². The molecule has 3 heterocycles. The number of nitrogens with zero attached hydrogens (tertiary/aromatic N) is 1. The number of rotatable bonds is 5. The van der Waals surface area contributed by atoms with Crippen molar-refractivity contribution in [1.82, 2.24) is 20.9 Å². The molecule has 0 aromatic heterocycles. The lowest BCUT2D eigenvalue weighted by atomic mass is 9.96. The first-order valence-corrected chi connectivity index (χ1v) is 12.9. The van der Waals surface area contributed by atoms with E-state index < -0.39 is 24.1 Å². The van der Waals surface area contributed by atoms with Crippen LogP contribution in [0.2, 0.25) is 0 Å². The summed E-state index contributed by atoms with van der Waals surface area (Å²) in [6.45, 7) is 4.73. The quantitative estimate of drug-likeness (QED) is 0.581. The van der Waals surface area contributed by atoms with Crippen LogP contribution < -0.4 is 20.7 Å². The SMILES string of the molecule is CC(C)C1Oc2ccc(cc2)C=CNC(=O)C(Cc2ccccc2)NC(=O)C1NC(=O)C1CCCN1C. The number of amides is 3. The van der Waals surface area contributed by atoms with Crippen LogP contribution in [0.1, 0.15) is 37.8 Å². The number of hydrogen-bond acceptors (Lipinski definition) is 5. The zero-order valence-corrected chi connectivity index (χ0v) is 21.6. The average molecular weight is 505 g/mol. The second kappa shape index (κ2) is 12.1. The molecule has 3 aliphatic rings. The minimum atomic E-state index is -0.995. The molecule has 3 amide bonds. The Bertz CT molecular complexity index is 1120. The lowest BCUT2D eigenvalue weighted by molar-refractivity contribution is -0.135. The predicted molar refractivity (Wildman–Crippen MR) is 143 cm³/mol. The molecular formula is C29H36N4O4. The third-order valence-electron chi connectivity index (χ3n) is 6.96. The zero-order chi connectivity index (χ0) is 26.4. The molecule has 37 heavy (non-hydrogen) atoms. The molecule has 8 nitrogen and oxygen atoms in total. The van der Waals surface area contributed by atoms with Crippen molar-refractivity contribution in [3.05, 3.63) is 71.9 Å². The van der Waals surface area contributed by atoms with Gasteiger partial charge in [0.2, 0.25) is 17.7 Å². The van der Waals surface area contributed by atoms with Gasteiger partial charge in [-0.2, -0.15) is 0 Å². The predicted octanol–water partition coefficient (Wildman–Crippen LogP) is 2.50. The van der Waals surface area contributed by atoms with E-state index in [9.17, 15) is 14.4 Å². The Morgan fingerprint density at radius 2 is 1.81 bits per heavy atom. The largest absolute Gasteiger partial charge is 0.487 e. The summed E-state index contributed by atoms with van der Waals surface area (Å²) in [5.41, 5.74) is 1.80. The lowest BCUT2D eigenvalue weighted by Crippen LogP contribution is -2.61. The average Bonchev–Trinajstić information content (AvgIpc) is 3.32. The Kier molecular flexibility index (Phi) is 8.61. The summed E-state index contributed by atoms with van der Waals surface area (Å²) >= 11 is 0. The van der Waals surface area contributed by atoms with Crippen LogP contribution in [0.15, 0.2) is 60.8 Å². The third-order valence-corrected chi connectivity index (χ3v) is 6.96. The maximum absolute atomic E-state index is 13.8. The maximum Gasteiger partial charge on any atom is 0.247 e. The molecule has 4 unspecified atom stereocenters. The van der Waals surface area contributed by atoms with Crippen molar-refractivity contribution in [3.63, 3.8) is 0 Å². The monoisotopic (exact) mass is 504 g/mol. The van der Waals surface area contributed by atoms with Crippen LogP contribution in [0.3, 0.4) is 0 Å². The fraction of sp³-hybridized carbons (Fsp3) is 0.414. The summed E-state index contributed by atoms with van der Waals surface area (Å²) in [6.07, 6.45) is 4.67. The normalized spacial score (nSPS) is 24.8. The highest BCUT2D eigenvalue weighted by Crippen LogP contribution is 2.22. The molecule has 3 N–H and O–H groups in total. The van der Waals surface area contributed by atoms with Crippen LogP contribution >= 0.6 is 0 Å². The van der Waals surface area contributed by atoms with Crippen LogP contribution in [0, 0.1) is 5.92 Å². The summed E-state index contributed by atoms with van der Waals surface area (Å²) in [7, 11) is 1.91. The number of likely N-dealkylation sites (tertiary alicyclic amines) is 1. The van der Waals surface area contributed by atoms with Crippen molar-refractivity contribution in [2.75, 3.05) is 13.6 Å². The molecule has 0 radical (unpaired) electrons. The molecular weight excluding hydrogens is 468 g/mol. The van der Waals surface area contributed by atoms with Crippen LogP contribution in [-0.2, 0) is 20.8 Å². The summed E-state index contributed by atoms with van der Waals surface area (Å²) < 4.78 is 6.31. The molecule has 2 aromatic carbocycles. The van der Waals surface area contributed by atoms with Crippen LogP contribution in [0.5, 0.6) is 5.75 Å². The number of benzene rings is 2. The first-order valence-electron chi connectivity index (χ1n) is 12.9. The Morgan fingerprint density at radius 3 is 2.46 bits per heavy atom. The minimum absolute atomic E-state index is 0.105. The standard InChI is InChI=1S/C29H36N4O4/c1-19(2)26-25(32-28(35)24-10-7-17-33(24)3)29(36)31-23(18-21-8-5-4-6-9-21)27(34)30-16-15-20-11-13-22(37-26)14-12-20/h4-6,8-9,11-16,19,23-26H,7,10,17-18H2,1-3H3,(H,30,34)(H,31,36)(H,32,35). The highest BCUT2D eigenvalue weighted by Gasteiger charge is 2.38. The number of carbonyl (C=O) groups excluding carboxylic acids is 3. The van der Waals surface area contributed by atoms with E-state index in [1.165, 1.54) is 0 Å². The van der Waals surface area contributed by atoms with Gasteiger partial charge in [-0.3, -0.25) is 19.3 Å². The number of carbonyl (C=O) groups is 3. The number of fused-ring (bicyclic) bond motifs is 10. The van der Waals surface area contributed by atoms with Gasteiger partial charge >= 0.3 is 0 Å². The molecule has 0 spiro atoms. The van der Waals surface area contributed by atoms with E-state index in [0.29, 0.717) is 12.2 Å². The summed E-state index contributed by atoms with van der Waals surface area (Å²) in [5, 5.41) is 8.68. The highest BCUT2D eigenvalue weighted by atomic mass is 16.5. The molecule has 5 rings (SSSR count). The first-order chi connectivity index (χ1) is 17.8. The molecule has 8 heteroatoms. The van der Waals surface area contributed by atoms with Gasteiger partial charge in [0.25, 0.3) is 0 Å². The minimum Gasteiger partial charge on any atom is -0.487 e. The van der Waals surface area contributed by atoms with Gasteiger partial charge in [0.1, 0.15) is 23.9 Å². The molecule has 4 atom stereocenters. The molecule has 0 saturated carbocycles. The summed E-state index contributed by atoms with van der Waals surface area (Å²) in [4.78, 5) is 42.3. The van der Waals surface area contributed by atoms with Crippen LogP contribution in [0.4, 0.5) is 0 Å². The number of ether oxygens (including phenoxy) is 1. The third kappa shape index (κ3) is 6.77. The summed E-state index contributed by atoms with van der Waals surface area (Å²) in [5.74, 6) is -0.516. The van der Waals surface area contributed by atoms with E-state index in [1.54, 1.807) is 12.3 Å².